The minimum Gasteiger partial charge on any atom is -0.481 e. The fourth-order valence-electron chi connectivity index (χ4n) is 7.01. The molecule has 3 rings (SSSR count). The van der Waals surface area contributed by atoms with E-state index in [1.165, 1.54) is 70.6 Å². The first-order valence-corrected chi connectivity index (χ1v) is 11.2. The summed E-state index contributed by atoms with van der Waals surface area (Å²) in [5.41, 5.74) is 0.636. The van der Waals surface area contributed by atoms with Crippen LogP contribution < -0.4 is 0 Å². The Hall–Kier alpha value is -0.530. The Labute approximate surface area is 155 Å². The first kappa shape index (κ1) is 19.2. The quantitative estimate of drug-likeness (QED) is 0.557. The SMILES string of the molecule is CC1CC[C@H](CCCC(=O)O)[C@H]1CCC1CCC[C@@H]2CCCC[C@]12C. The van der Waals surface area contributed by atoms with Crippen molar-refractivity contribution in [2.24, 2.45) is 35.0 Å². The summed E-state index contributed by atoms with van der Waals surface area (Å²) >= 11 is 0. The van der Waals surface area contributed by atoms with Gasteiger partial charge < -0.3 is 5.11 Å². The van der Waals surface area contributed by atoms with E-state index in [-0.39, 0.29) is 0 Å². The maximum Gasteiger partial charge on any atom is 0.303 e. The molecule has 2 heteroatoms. The van der Waals surface area contributed by atoms with Gasteiger partial charge in [0.05, 0.1) is 0 Å². The summed E-state index contributed by atoms with van der Waals surface area (Å²) in [5.74, 6) is 3.86. The first-order valence-electron chi connectivity index (χ1n) is 11.2. The molecule has 0 heterocycles. The molecule has 0 saturated heterocycles. The molecule has 0 aliphatic heterocycles. The molecule has 3 fully saturated rings. The zero-order valence-electron chi connectivity index (χ0n) is 16.6. The monoisotopic (exact) mass is 348 g/mol. The summed E-state index contributed by atoms with van der Waals surface area (Å²) < 4.78 is 0. The molecule has 6 atom stereocenters. The summed E-state index contributed by atoms with van der Waals surface area (Å²) in [6, 6.07) is 0. The smallest absolute Gasteiger partial charge is 0.303 e. The van der Waals surface area contributed by atoms with Crippen LogP contribution in [0.25, 0.3) is 0 Å². The molecule has 3 saturated carbocycles. The summed E-state index contributed by atoms with van der Waals surface area (Å²) in [4.78, 5) is 10.8. The molecule has 144 valence electrons. The van der Waals surface area contributed by atoms with E-state index in [0.717, 1.165) is 42.4 Å². The van der Waals surface area contributed by atoms with Gasteiger partial charge in [0.15, 0.2) is 0 Å². The maximum absolute atomic E-state index is 10.8. The Morgan fingerprint density at radius 1 is 1.00 bits per heavy atom. The van der Waals surface area contributed by atoms with E-state index in [1.54, 1.807) is 0 Å². The highest BCUT2D eigenvalue weighted by atomic mass is 16.4. The Bertz CT molecular complexity index is 443. The van der Waals surface area contributed by atoms with E-state index in [4.69, 9.17) is 5.11 Å². The number of carboxylic acids is 1. The Kier molecular flexibility index (Phi) is 6.49. The van der Waals surface area contributed by atoms with Gasteiger partial charge in [-0.2, -0.15) is 0 Å². The molecule has 0 aromatic carbocycles. The van der Waals surface area contributed by atoms with Gasteiger partial charge in [-0.3, -0.25) is 4.79 Å². The third-order valence-electron chi connectivity index (χ3n) is 8.63. The number of fused-ring (bicyclic) bond motifs is 1. The lowest BCUT2D eigenvalue weighted by atomic mass is 9.54. The van der Waals surface area contributed by atoms with Gasteiger partial charge in [0, 0.05) is 6.42 Å². The second kappa shape index (κ2) is 8.44. The largest absolute Gasteiger partial charge is 0.481 e. The van der Waals surface area contributed by atoms with Crippen LogP contribution in [0.3, 0.4) is 0 Å². The topological polar surface area (TPSA) is 37.3 Å². The number of hydrogen-bond acceptors (Lipinski definition) is 1. The van der Waals surface area contributed by atoms with E-state index >= 15 is 0 Å². The molecule has 1 N–H and O–H groups in total. The lowest BCUT2D eigenvalue weighted by Crippen LogP contribution is -2.41. The first-order chi connectivity index (χ1) is 12.0. The van der Waals surface area contributed by atoms with Gasteiger partial charge in [-0.15, -0.1) is 0 Å². The molecule has 0 aromatic rings. The third kappa shape index (κ3) is 4.42. The number of carbonyl (C=O) groups is 1. The van der Waals surface area contributed by atoms with Crippen molar-refractivity contribution in [3.8, 4) is 0 Å². The van der Waals surface area contributed by atoms with Crippen LogP contribution in [0.5, 0.6) is 0 Å². The zero-order valence-corrected chi connectivity index (χ0v) is 16.6. The number of rotatable bonds is 7. The van der Waals surface area contributed by atoms with Crippen molar-refractivity contribution < 1.29 is 9.90 Å². The highest BCUT2D eigenvalue weighted by Crippen LogP contribution is 2.55. The predicted octanol–water partition coefficient (Wildman–Crippen LogP) is 6.68. The fraction of sp³-hybridized carbons (Fsp3) is 0.957. The van der Waals surface area contributed by atoms with E-state index in [1.807, 2.05) is 0 Å². The predicted molar refractivity (Wildman–Crippen MR) is 104 cm³/mol. The summed E-state index contributed by atoms with van der Waals surface area (Å²) in [6.07, 6.45) is 18.3. The van der Waals surface area contributed by atoms with Crippen LogP contribution in [0.1, 0.15) is 104 Å². The second-order valence-corrected chi connectivity index (χ2v) is 9.92. The van der Waals surface area contributed by atoms with Crippen molar-refractivity contribution >= 4 is 5.97 Å². The molecule has 2 nitrogen and oxygen atoms in total. The normalized spacial score (nSPS) is 41.4. The van der Waals surface area contributed by atoms with Crippen LogP contribution in [-0.4, -0.2) is 11.1 Å². The Morgan fingerprint density at radius 3 is 2.60 bits per heavy atom. The van der Waals surface area contributed by atoms with Crippen LogP contribution in [0, 0.1) is 35.0 Å². The molecule has 0 aromatic heterocycles. The van der Waals surface area contributed by atoms with E-state index in [2.05, 4.69) is 13.8 Å². The molecule has 3 aliphatic carbocycles. The zero-order chi connectivity index (χ0) is 17.9. The molecular formula is C23H40O2. The van der Waals surface area contributed by atoms with Crippen molar-refractivity contribution in [2.75, 3.05) is 0 Å². The van der Waals surface area contributed by atoms with E-state index in [9.17, 15) is 4.79 Å². The maximum atomic E-state index is 10.8. The molecule has 25 heavy (non-hydrogen) atoms. The molecular weight excluding hydrogens is 308 g/mol. The highest BCUT2D eigenvalue weighted by Gasteiger charge is 2.45. The van der Waals surface area contributed by atoms with Crippen molar-refractivity contribution in [1.29, 1.82) is 0 Å². The molecule has 3 aliphatic rings. The minimum atomic E-state index is -0.624. The van der Waals surface area contributed by atoms with Gasteiger partial charge in [0.1, 0.15) is 0 Å². The van der Waals surface area contributed by atoms with Crippen molar-refractivity contribution in [3.05, 3.63) is 0 Å². The third-order valence-corrected chi connectivity index (χ3v) is 8.63. The van der Waals surface area contributed by atoms with E-state index < -0.39 is 5.97 Å². The minimum absolute atomic E-state index is 0.361. The number of aliphatic carboxylic acids is 1. The molecule has 2 unspecified atom stereocenters. The van der Waals surface area contributed by atoms with Crippen molar-refractivity contribution in [2.45, 2.75) is 104 Å². The number of hydrogen-bond donors (Lipinski definition) is 1. The second-order valence-electron chi connectivity index (χ2n) is 9.92. The summed E-state index contributed by atoms with van der Waals surface area (Å²) in [5, 5.41) is 8.92. The van der Waals surface area contributed by atoms with Gasteiger partial charge in [-0.05, 0) is 92.8 Å². The van der Waals surface area contributed by atoms with Crippen LogP contribution in [0.15, 0.2) is 0 Å². The standard InChI is InChI=1S/C23H40O2/c1-17-12-13-18(7-5-11-22(24)25)21(17)15-14-20-10-6-9-19-8-3-4-16-23(19,20)2/h17-21H,3-16H2,1-2H3,(H,24,25)/t17?,18-,19-,20?,21-,23-/m0/s1. The van der Waals surface area contributed by atoms with Gasteiger partial charge >= 0.3 is 5.97 Å². The fourth-order valence-corrected chi connectivity index (χ4v) is 7.01. The van der Waals surface area contributed by atoms with Gasteiger partial charge in [-0.25, -0.2) is 0 Å². The average Bonchev–Trinajstić information content (AvgIpc) is 2.92. The van der Waals surface area contributed by atoms with Gasteiger partial charge in [0.2, 0.25) is 0 Å². The van der Waals surface area contributed by atoms with Crippen LogP contribution in [0.2, 0.25) is 0 Å². The lowest BCUT2D eigenvalue weighted by molar-refractivity contribution is -0.137. The highest BCUT2D eigenvalue weighted by molar-refractivity contribution is 5.66. The van der Waals surface area contributed by atoms with Crippen molar-refractivity contribution in [1.82, 2.24) is 0 Å². The average molecular weight is 349 g/mol. The van der Waals surface area contributed by atoms with Crippen LogP contribution in [0.4, 0.5) is 0 Å². The van der Waals surface area contributed by atoms with Gasteiger partial charge in [0.25, 0.3) is 0 Å². The Morgan fingerprint density at radius 2 is 1.80 bits per heavy atom. The molecule has 0 radical (unpaired) electrons. The summed E-state index contributed by atoms with van der Waals surface area (Å²) in [7, 11) is 0. The molecule has 0 spiro atoms. The lowest BCUT2D eigenvalue weighted by Gasteiger charge is -2.51. The number of carboxylic acid groups (broad SMARTS) is 1. The van der Waals surface area contributed by atoms with Crippen molar-refractivity contribution in [3.63, 3.8) is 0 Å². The van der Waals surface area contributed by atoms with Crippen LogP contribution >= 0.6 is 0 Å². The van der Waals surface area contributed by atoms with Crippen LogP contribution in [-0.2, 0) is 4.79 Å². The molecule has 0 bridgehead atoms. The van der Waals surface area contributed by atoms with Gasteiger partial charge in [-0.1, -0.05) is 39.5 Å². The Balaban J connectivity index is 1.54. The molecule has 0 amide bonds. The summed E-state index contributed by atoms with van der Waals surface area (Å²) in [6.45, 7) is 5.08. The van der Waals surface area contributed by atoms with E-state index in [0.29, 0.717) is 11.8 Å².